The molecule has 7 nitrogen and oxygen atoms in total. The number of amides is 2. The lowest BCUT2D eigenvalue weighted by molar-refractivity contribution is -0.118. The van der Waals surface area contributed by atoms with Crippen molar-refractivity contribution in [2.24, 2.45) is 0 Å². The minimum Gasteiger partial charge on any atom is -0.497 e. The van der Waals surface area contributed by atoms with E-state index in [2.05, 4.69) is 10.6 Å². The Kier molecular flexibility index (Phi) is 6.33. The molecule has 0 saturated carbocycles. The molecule has 1 heterocycles. The third-order valence-corrected chi connectivity index (χ3v) is 6.29. The van der Waals surface area contributed by atoms with Crippen LogP contribution < -0.4 is 15.4 Å². The average Bonchev–Trinajstić information content (AvgIpc) is 3.06. The second kappa shape index (κ2) is 8.91. The number of carbonyl (C=O) groups is 2. The summed E-state index contributed by atoms with van der Waals surface area (Å²) in [7, 11) is -1.58. The van der Waals surface area contributed by atoms with Crippen LogP contribution in [0.4, 0.5) is 0 Å². The first-order chi connectivity index (χ1) is 13.9. The molecular weight excluding hydrogens is 392 g/mol. The van der Waals surface area contributed by atoms with Crippen molar-refractivity contribution >= 4 is 27.7 Å². The van der Waals surface area contributed by atoms with E-state index in [1.54, 1.807) is 67.8 Å². The molecule has 2 aromatic carbocycles. The molecule has 1 aliphatic rings. The van der Waals surface area contributed by atoms with E-state index in [4.69, 9.17) is 4.74 Å². The fourth-order valence-corrected chi connectivity index (χ4v) is 4.65. The molecule has 8 heteroatoms. The van der Waals surface area contributed by atoms with E-state index >= 15 is 0 Å². The second-order valence-corrected chi connectivity index (χ2v) is 8.95. The molecule has 152 valence electrons. The predicted molar refractivity (Wildman–Crippen MR) is 110 cm³/mol. The Bertz CT molecular complexity index is 1010. The van der Waals surface area contributed by atoms with Gasteiger partial charge in [0, 0.05) is 11.6 Å². The van der Waals surface area contributed by atoms with E-state index in [9.17, 15) is 18.0 Å². The van der Waals surface area contributed by atoms with Gasteiger partial charge in [0.2, 0.25) is 0 Å². The zero-order chi connectivity index (χ0) is 20.9. The first kappa shape index (κ1) is 20.6. The molecule has 2 aromatic rings. The highest BCUT2D eigenvalue weighted by Crippen LogP contribution is 2.15. The van der Waals surface area contributed by atoms with Crippen molar-refractivity contribution in [3.8, 4) is 5.75 Å². The number of nitrogens with one attached hydrogen (secondary N) is 2. The molecule has 3 rings (SSSR count). The first-order valence-electron chi connectivity index (χ1n) is 9.10. The molecule has 2 N–H and O–H groups in total. The van der Waals surface area contributed by atoms with Gasteiger partial charge in [-0.3, -0.25) is 9.59 Å². The lowest BCUT2D eigenvalue weighted by Crippen LogP contribution is -2.41. The molecule has 0 spiro atoms. The van der Waals surface area contributed by atoms with Gasteiger partial charge >= 0.3 is 0 Å². The van der Waals surface area contributed by atoms with Crippen LogP contribution in [0.2, 0.25) is 0 Å². The normalized spacial score (nSPS) is 18.1. The molecule has 0 aromatic heterocycles. The SMILES string of the molecule is COc1ccc(/C=C(\NC(=O)c2ccccc2)C(=O)N[C@H]2CCS(=O)(=O)C2)cc1. The number of methoxy groups -OCH3 is 1. The van der Waals surface area contributed by atoms with Crippen LogP contribution in [0, 0.1) is 0 Å². The zero-order valence-electron chi connectivity index (χ0n) is 15.9. The van der Waals surface area contributed by atoms with Crippen LogP contribution in [0.15, 0.2) is 60.3 Å². The zero-order valence-corrected chi connectivity index (χ0v) is 16.7. The Morgan fingerprint density at radius 3 is 2.34 bits per heavy atom. The topological polar surface area (TPSA) is 102 Å². The van der Waals surface area contributed by atoms with Crippen molar-refractivity contribution < 1.29 is 22.7 Å². The van der Waals surface area contributed by atoms with Crippen LogP contribution in [0.3, 0.4) is 0 Å². The average molecular weight is 414 g/mol. The van der Waals surface area contributed by atoms with Gasteiger partial charge in [-0.05, 0) is 42.3 Å². The monoisotopic (exact) mass is 414 g/mol. The molecule has 2 amide bonds. The molecule has 0 unspecified atom stereocenters. The minimum absolute atomic E-state index is 0.0355. The number of benzene rings is 2. The smallest absolute Gasteiger partial charge is 0.268 e. The van der Waals surface area contributed by atoms with Gasteiger partial charge in [-0.15, -0.1) is 0 Å². The number of ether oxygens (including phenoxy) is 1. The molecule has 1 aliphatic heterocycles. The summed E-state index contributed by atoms with van der Waals surface area (Å²) in [6.45, 7) is 0. The van der Waals surface area contributed by atoms with Gasteiger partial charge in [0.25, 0.3) is 11.8 Å². The van der Waals surface area contributed by atoms with Crippen LogP contribution in [-0.4, -0.2) is 44.9 Å². The number of sulfone groups is 1. The van der Waals surface area contributed by atoms with E-state index in [0.29, 0.717) is 23.3 Å². The van der Waals surface area contributed by atoms with E-state index < -0.39 is 27.7 Å². The molecule has 29 heavy (non-hydrogen) atoms. The highest BCUT2D eigenvalue weighted by atomic mass is 32.2. The van der Waals surface area contributed by atoms with Crippen molar-refractivity contribution in [2.75, 3.05) is 18.6 Å². The van der Waals surface area contributed by atoms with E-state index in [0.717, 1.165) is 0 Å². The fourth-order valence-electron chi connectivity index (χ4n) is 2.98. The standard InChI is InChI=1S/C21H22N2O5S/c1-28-18-9-7-15(8-10-18)13-19(23-20(24)16-5-3-2-4-6-16)21(25)22-17-11-12-29(26,27)14-17/h2-10,13,17H,11-12,14H2,1H3,(H,22,25)(H,23,24)/b19-13-/t17-/m0/s1. The van der Waals surface area contributed by atoms with Crippen molar-refractivity contribution in [2.45, 2.75) is 12.5 Å². The minimum atomic E-state index is -3.13. The summed E-state index contributed by atoms with van der Waals surface area (Å²) in [4.78, 5) is 25.3. The Labute approximate surface area is 169 Å². The van der Waals surface area contributed by atoms with E-state index in [-0.39, 0.29) is 17.2 Å². The maximum Gasteiger partial charge on any atom is 0.268 e. The number of hydrogen-bond acceptors (Lipinski definition) is 5. The van der Waals surface area contributed by atoms with Crippen molar-refractivity contribution in [1.29, 1.82) is 0 Å². The fraction of sp³-hybridized carbons (Fsp3) is 0.238. The van der Waals surface area contributed by atoms with Crippen molar-refractivity contribution in [3.05, 3.63) is 71.4 Å². The molecular formula is C21H22N2O5S. The summed E-state index contributed by atoms with van der Waals surface area (Å²) in [5.41, 5.74) is 1.13. The lowest BCUT2D eigenvalue weighted by Gasteiger charge is -2.14. The van der Waals surface area contributed by atoms with Gasteiger partial charge in [-0.2, -0.15) is 0 Å². The molecule has 1 fully saturated rings. The highest BCUT2D eigenvalue weighted by molar-refractivity contribution is 7.91. The summed E-state index contributed by atoms with van der Waals surface area (Å²) in [6, 6.07) is 15.0. The molecule has 0 aliphatic carbocycles. The Morgan fingerprint density at radius 1 is 1.07 bits per heavy atom. The second-order valence-electron chi connectivity index (χ2n) is 6.72. The van der Waals surface area contributed by atoms with Crippen LogP contribution in [0.25, 0.3) is 6.08 Å². The quantitative estimate of drug-likeness (QED) is 0.702. The third kappa shape index (κ3) is 5.68. The Hall–Kier alpha value is -3.13. The summed E-state index contributed by atoms with van der Waals surface area (Å²) < 4.78 is 28.4. The molecule has 1 saturated heterocycles. The van der Waals surface area contributed by atoms with Gasteiger partial charge in [-0.25, -0.2) is 8.42 Å². The maximum atomic E-state index is 12.8. The van der Waals surface area contributed by atoms with Gasteiger partial charge in [0.05, 0.1) is 18.6 Å². The van der Waals surface area contributed by atoms with Crippen molar-refractivity contribution in [3.63, 3.8) is 0 Å². The van der Waals surface area contributed by atoms with E-state index in [1.807, 2.05) is 0 Å². The van der Waals surface area contributed by atoms with E-state index in [1.165, 1.54) is 0 Å². The third-order valence-electron chi connectivity index (χ3n) is 4.52. The molecule has 0 bridgehead atoms. The number of rotatable bonds is 6. The molecule has 1 atom stereocenters. The van der Waals surface area contributed by atoms with Gasteiger partial charge < -0.3 is 15.4 Å². The van der Waals surface area contributed by atoms with Gasteiger partial charge in [0.15, 0.2) is 9.84 Å². The first-order valence-corrected chi connectivity index (χ1v) is 10.9. The molecule has 0 radical (unpaired) electrons. The van der Waals surface area contributed by atoms with Crippen LogP contribution in [0.1, 0.15) is 22.3 Å². The Morgan fingerprint density at radius 2 is 1.76 bits per heavy atom. The maximum absolute atomic E-state index is 12.8. The van der Waals surface area contributed by atoms with Crippen LogP contribution in [0.5, 0.6) is 5.75 Å². The summed E-state index contributed by atoms with van der Waals surface area (Å²) in [5.74, 6) is -0.350. The highest BCUT2D eigenvalue weighted by Gasteiger charge is 2.29. The largest absolute Gasteiger partial charge is 0.497 e. The number of carbonyl (C=O) groups excluding carboxylic acids is 2. The van der Waals surface area contributed by atoms with Gasteiger partial charge in [-0.1, -0.05) is 30.3 Å². The Balaban J connectivity index is 1.82. The number of hydrogen-bond donors (Lipinski definition) is 2. The van der Waals surface area contributed by atoms with Crippen LogP contribution >= 0.6 is 0 Å². The predicted octanol–water partition coefficient (Wildman–Crippen LogP) is 1.77. The summed E-state index contributed by atoms with van der Waals surface area (Å²) in [5, 5.41) is 5.34. The summed E-state index contributed by atoms with van der Waals surface area (Å²) >= 11 is 0. The van der Waals surface area contributed by atoms with Gasteiger partial charge in [0.1, 0.15) is 11.4 Å². The summed E-state index contributed by atoms with van der Waals surface area (Å²) in [6.07, 6.45) is 1.90. The van der Waals surface area contributed by atoms with Crippen LogP contribution in [-0.2, 0) is 14.6 Å². The lowest BCUT2D eigenvalue weighted by atomic mass is 10.1. The van der Waals surface area contributed by atoms with Crippen molar-refractivity contribution in [1.82, 2.24) is 10.6 Å².